The van der Waals surface area contributed by atoms with Crippen LogP contribution in [0, 0.1) is 10.1 Å². The van der Waals surface area contributed by atoms with Crippen molar-refractivity contribution >= 4 is 17.3 Å². The highest BCUT2D eigenvalue weighted by Gasteiger charge is 2.14. The molecule has 0 bridgehead atoms. The fourth-order valence-corrected chi connectivity index (χ4v) is 2.21. The molecule has 0 aliphatic carbocycles. The van der Waals surface area contributed by atoms with Gasteiger partial charge in [-0.15, -0.1) is 0 Å². The fraction of sp³-hybridized carbons (Fsp3) is 0.235. The topological polar surface area (TPSA) is 93.5 Å². The number of methoxy groups -OCH3 is 1. The highest BCUT2D eigenvalue weighted by atomic mass is 16.6. The summed E-state index contributed by atoms with van der Waals surface area (Å²) in [4.78, 5) is 22.5. The summed E-state index contributed by atoms with van der Waals surface area (Å²) in [5.41, 5.74) is 1.36. The molecule has 2 rings (SSSR count). The number of para-hydroxylation sites is 1. The number of anilines is 1. The highest BCUT2D eigenvalue weighted by Crippen LogP contribution is 2.18. The summed E-state index contributed by atoms with van der Waals surface area (Å²) in [6, 6.07) is 12.9. The van der Waals surface area contributed by atoms with Crippen LogP contribution < -0.4 is 15.4 Å². The zero-order valence-electron chi connectivity index (χ0n) is 13.5. The number of carbonyl (C=O) groups is 1. The summed E-state index contributed by atoms with van der Waals surface area (Å²) < 4.78 is 5.24. The number of nitrogens with one attached hydrogen (secondary N) is 2. The molecule has 7 nitrogen and oxygen atoms in total. The maximum atomic E-state index is 12.2. The Hall–Kier alpha value is -3.09. The van der Waals surface area contributed by atoms with Crippen molar-refractivity contribution in [1.82, 2.24) is 5.32 Å². The monoisotopic (exact) mass is 329 g/mol. The molecule has 0 fully saturated rings. The normalized spacial score (nSPS) is 11.4. The minimum Gasteiger partial charge on any atom is -0.496 e. The van der Waals surface area contributed by atoms with Crippen LogP contribution >= 0.6 is 0 Å². The lowest BCUT2D eigenvalue weighted by Gasteiger charge is -2.16. The van der Waals surface area contributed by atoms with Crippen LogP contribution in [0.15, 0.2) is 48.5 Å². The minimum absolute atomic E-state index is 0.0263. The molecule has 24 heavy (non-hydrogen) atoms. The first-order chi connectivity index (χ1) is 11.5. The zero-order chi connectivity index (χ0) is 17.5. The van der Waals surface area contributed by atoms with Crippen molar-refractivity contribution in [2.75, 3.05) is 12.4 Å². The van der Waals surface area contributed by atoms with E-state index in [0.29, 0.717) is 18.0 Å². The fourth-order valence-electron chi connectivity index (χ4n) is 2.21. The molecule has 126 valence electrons. The van der Waals surface area contributed by atoms with Gasteiger partial charge < -0.3 is 15.4 Å². The predicted molar refractivity (Wildman–Crippen MR) is 91.0 cm³/mol. The van der Waals surface area contributed by atoms with Gasteiger partial charge >= 0.3 is 0 Å². The summed E-state index contributed by atoms with van der Waals surface area (Å²) in [6.07, 6.45) is 0. The van der Waals surface area contributed by atoms with Crippen LogP contribution in [0.4, 0.5) is 11.4 Å². The number of nitro benzene ring substituents is 1. The van der Waals surface area contributed by atoms with Crippen molar-refractivity contribution in [3.05, 3.63) is 64.2 Å². The first-order valence-corrected chi connectivity index (χ1v) is 7.42. The van der Waals surface area contributed by atoms with E-state index in [1.807, 2.05) is 24.3 Å². The van der Waals surface area contributed by atoms with Crippen molar-refractivity contribution in [2.45, 2.75) is 19.5 Å². The smallest absolute Gasteiger partial charge is 0.271 e. The molecule has 0 heterocycles. The molecule has 1 atom stereocenters. The van der Waals surface area contributed by atoms with Crippen LogP contribution in [-0.4, -0.2) is 24.0 Å². The average Bonchev–Trinajstić information content (AvgIpc) is 2.60. The van der Waals surface area contributed by atoms with E-state index < -0.39 is 11.0 Å². The van der Waals surface area contributed by atoms with E-state index >= 15 is 0 Å². The molecule has 0 spiro atoms. The quantitative estimate of drug-likeness (QED) is 0.602. The highest BCUT2D eigenvalue weighted by molar-refractivity contribution is 5.84. The van der Waals surface area contributed by atoms with Gasteiger partial charge in [-0.3, -0.25) is 14.9 Å². The van der Waals surface area contributed by atoms with Gasteiger partial charge in [-0.25, -0.2) is 0 Å². The third kappa shape index (κ3) is 4.45. The second-order valence-corrected chi connectivity index (χ2v) is 5.20. The Morgan fingerprint density at radius 1 is 1.25 bits per heavy atom. The molecule has 0 aliphatic heterocycles. The first-order valence-electron chi connectivity index (χ1n) is 7.42. The molecule has 0 aliphatic rings. The van der Waals surface area contributed by atoms with E-state index in [0.717, 1.165) is 5.56 Å². The Morgan fingerprint density at radius 3 is 2.71 bits per heavy atom. The van der Waals surface area contributed by atoms with Crippen LogP contribution in [0.2, 0.25) is 0 Å². The van der Waals surface area contributed by atoms with E-state index in [-0.39, 0.29) is 11.6 Å². The number of hydrogen-bond acceptors (Lipinski definition) is 5. The van der Waals surface area contributed by atoms with Gasteiger partial charge in [0.05, 0.1) is 12.0 Å². The van der Waals surface area contributed by atoms with Crippen molar-refractivity contribution in [3.63, 3.8) is 0 Å². The summed E-state index contributed by atoms with van der Waals surface area (Å²) in [6.45, 7) is 2.03. The Labute approximate surface area is 139 Å². The summed E-state index contributed by atoms with van der Waals surface area (Å²) in [5.74, 6) is 0.490. The standard InChI is InChI=1S/C17H19N3O4/c1-12(19-14-7-5-8-15(10-14)20(22)23)17(21)18-11-13-6-3-4-9-16(13)24-2/h3-10,12,19H,11H2,1-2H3,(H,18,21)/t12-/m1/s1. The van der Waals surface area contributed by atoms with Crippen molar-refractivity contribution in [2.24, 2.45) is 0 Å². The number of amides is 1. The van der Waals surface area contributed by atoms with Crippen molar-refractivity contribution < 1.29 is 14.5 Å². The largest absolute Gasteiger partial charge is 0.496 e. The van der Waals surface area contributed by atoms with Gasteiger partial charge in [0.1, 0.15) is 11.8 Å². The van der Waals surface area contributed by atoms with Crippen molar-refractivity contribution in [1.29, 1.82) is 0 Å². The Balaban J connectivity index is 1.95. The molecule has 7 heteroatoms. The van der Waals surface area contributed by atoms with Gasteiger partial charge in [-0.1, -0.05) is 24.3 Å². The number of rotatable bonds is 7. The summed E-state index contributed by atoms with van der Waals surface area (Å²) in [5, 5.41) is 16.5. The van der Waals surface area contributed by atoms with Crippen LogP contribution in [0.3, 0.4) is 0 Å². The van der Waals surface area contributed by atoms with Crippen LogP contribution in [0.5, 0.6) is 5.75 Å². The molecule has 0 saturated heterocycles. The molecule has 0 saturated carbocycles. The molecule has 0 aromatic heterocycles. The van der Waals surface area contributed by atoms with Crippen molar-refractivity contribution in [3.8, 4) is 5.75 Å². The maximum absolute atomic E-state index is 12.2. The molecule has 2 aromatic rings. The third-order valence-electron chi connectivity index (χ3n) is 3.48. The molecule has 0 unspecified atom stereocenters. The van der Waals surface area contributed by atoms with E-state index in [1.54, 1.807) is 26.2 Å². The number of nitro groups is 1. The van der Waals surface area contributed by atoms with Gasteiger partial charge in [-0.2, -0.15) is 0 Å². The molecule has 2 N–H and O–H groups in total. The first kappa shape index (κ1) is 17.3. The van der Waals surface area contributed by atoms with Crippen LogP contribution in [-0.2, 0) is 11.3 Å². The van der Waals surface area contributed by atoms with Gasteiger partial charge in [-0.05, 0) is 19.1 Å². The number of benzene rings is 2. The Kier molecular flexibility index (Phi) is 5.73. The second kappa shape index (κ2) is 7.96. The van der Waals surface area contributed by atoms with E-state index in [1.165, 1.54) is 12.1 Å². The van der Waals surface area contributed by atoms with Gasteiger partial charge in [0, 0.05) is 29.9 Å². The Morgan fingerprint density at radius 2 is 2.00 bits per heavy atom. The van der Waals surface area contributed by atoms with E-state index in [2.05, 4.69) is 10.6 Å². The van der Waals surface area contributed by atoms with Gasteiger partial charge in [0.2, 0.25) is 5.91 Å². The van der Waals surface area contributed by atoms with Gasteiger partial charge in [0.15, 0.2) is 0 Å². The molecule has 1 amide bonds. The van der Waals surface area contributed by atoms with Crippen LogP contribution in [0.25, 0.3) is 0 Å². The number of hydrogen-bond donors (Lipinski definition) is 2. The molecule has 2 aromatic carbocycles. The Bertz CT molecular complexity index is 733. The second-order valence-electron chi connectivity index (χ2n) is 5.20. The number of ether oxygens (including phenoxy) is 1. The predicted octanol–water partition coefficient (Wildman–Crippen LogP) is 2.72. The van der Waals surface area contributed by atoms with Crippen LogP contribution in [0.1, 0.15) is 12.5 Å². The summed E-state index contributed by atoms with van der Waals surface area (Å²) in [7, 11) is 1.58. The summed E-state index contributed by atoms with van der Waals surface area (Å²) >= 11 is 0. The lowest BCUT2D eigenvalue weighted by atomic mass is 10.2. The zero-order valence-corrected chi connectivity index (χ0v) is 13.5. The maximum Gasteiger partial charge on any atom is 0.271 e. The number of carbonyl (C=O) groups excluding carboxylic acids is 1. The molecular weight excluding hydrogens is 310 g/mol. The minimum atomic E-state index is -0.540. The third-order valence-corrected chi connectivity index (χ3v) is 3.48. The SMILES string of the molecule is COc1ccccc1CNC(=O)[C@@H](C)Nc1cccc([N+](=O)[O-])c1. The molecular formula is C17H19N3O4. The van der Waals surface area contributed by atoms with E-state index in [4.69, 9.17) is 4.74 Å². The molecule has 0 radical (unpaired) electrons. The number of nitrogens with zero attached hydrogens (tertiary/aromatic N) is 1. The lowest BCUT2D eigenvalue weighted by Crippen LogP contribution is -2.37. The lowest BCUT2D eigenvalue weighted by molar-refractivity contribution is -0.384. The number of non-ortho nitro benzene ring substituents is 1. The average molecular weight is 329 g/mol. The van der Waals surface area contributed by atoms with Gasteiger partial charge in [0.25, 0.3) is 5.69 Å². The van der Waals surface area contributed by atoms with E-state index in [9.17, 15) is 14.9 Å².